The number of benzene rings is 1. The number of carbonyl (C=O) groups excluding carboxylic acids is 1. The molecule has 0 spiro atoms. The number of nitrogens with one attached hydrogen (secondary N) is 2. The molecule has 2 N–H and O–H groups in total. The Morgan fingerprint density at radius 1 is 1.18 bits per heavy atom. The first-order valence-corrected chi connectivity index (χ1v) is 8.03. The Morgan fingerprint density at radius 3 is 2.59 bits per heavy atom. The monoisotopic (exact) mass is 324 g/mol. The van der Waals surface area contributed by atoms with Crippen LogP contribution < -0.4 is 15.4 Å². The van der Waals surface area contributed by atoms with Gasteiger partial charge in [0.25, 0.3) is 5.91 Å². The van der Waals surface area contributed by atoms with Crippen LogP contribution >= 0.6 is 12.4 Å². The van der Waals surface area contributed by atoms with Crippen molar-refractivity contribution in [1.29, 1.82) is 0 Å². The predicted octanol–water partition coefficient (Wildman–Crippen LogP) is 2.63. The van der Waals surface area contributed by atoms with Crippen molar-refractivity contribution in [2.45, 2.75) is 25.7 Å². The summed E-state index contributed by atoms with van der Waals surface area (Å²) in [4.78, 5) is 12.1. The van der Waals surface area contributed by atoms with Crippen molar-refractivity contribution in [2.75, 3.05) is 26.2 Å². The zero-order valence-electron chi connectivity index (χ0n) is 12.8. The first-order chi connectivity index (χ1) is 10.3. The third kappa shape index (κ3) is 5.18. The van der Waals surface area contributed by atoms with E-state index in [-0.39, 0.29) is 18.3 Å². The Labute approximate surface area is 138 Å². The van der Waals surface area contributed by atoms with Gasteiger partial charge in [0, 0.05) is 12.1 Å². The minimum absolute atomic E-state index is 0. The number of piperidine rings is 1. The largest absolute Gasteiger partial charge is 0.493 e. The van der Waals surface area contributed by atoms with Crippen molar-refractivity contribution < 1.29 is 9.53 Å². The third-order valence-electron chi connectivity index (χ3n) is 4.25. The van der Waals surface area contributed by atoms with E-state index in [2.05, 4.69) is 10.6 Å². The maximum absolute atomic E-state index is 12.1. The summed E-state index contributed by atoms with van der Waals surface area (Å²) < 4.78 is 5.68. The number of rotatable bonds is 6. The van der Waals surface area contributed by atoms with Gasteiger partial charge in [0.05, 0.1) is 6.61 Å². The average molecular weight is 325 g/mol. The Morgan fingerprint density at radius 2 is 1.95 bits per heavy atom. The van der Waals surface area contributed by atoms with Gasteiger partial charge in [-0.3, -0.25) is 4.79 Å². The molecule has 1 saturated carbocycles. The van der Waals surface area contributed by atoms with Gasteiger partial charge in [0.2, 0.25) is 0 Å². The number of hydrogen-bond donors (Lipinski definition) is 2. The van der Waals surface area contributed by atoms with Crippen molar-refractivity contribution in [2.24, 2.45) is 11.8 Å². The first-order valence-electron chi connectivity index (χ1n) is 8.03. The molecule has 0 radical (unpaired) electrons. The standard InChI is InChI=1S/C17H24N2O2.ClH/c20-17(19-11-14-2-1-9-18-10-14)15-5-7-16(8-6-15)21-12-13-3-4-13;/h5-8,13-14,18H,1-4,9-12H2,(H,19,20);1H. The molecule has 1 heterocycles. The molecule has 1 saturated heterocycles. The van der Waals surface area contributed by atoms with Gasteiger partial charge in [0.1, 0.15) is 5.75 Å². The molecule has 22 heavy (non-hydrogen) atoms. The summed E-state index contributed by atoms with van der Waals surface area (Å²) in [7, 11) is 0. The molecule has 4 nitrogen and oxygen atoms in total. The number of amides is 1. The maximum Gasteiger partial charge on any atom is 0.251 e. The van der Waals surface area contributed by atoms with Gasteiger partial charge in [-0.2, -0.15) is 0 Å². The van der Waals surface area contributed by atoms with E-state index in [0.717, 1.165) is 37.9 Å². The van der Waals surface area contributed by atoms with E-state index in [4.69, 9.17) is 4.74 Å². The van der Waals surface area contributed by atoms with Gasteiger partial charge in [0.15, 0.2) is 0 Å². The van der Waals surface area contributed by atoms with Crippen LogP contribution in [0.4, 0.5) is 0 Å². The second kappa shape index (κ2) is 8.39. The average Bonchev–Trinajstić information content (AvgIpc) is 3.36. The lowest BCUT2D eigenvalue weighted by molar-refractivity contribution is 0.0945. The summed E-state index contributed by atoms with van der Waals surface area (Å²) in [5, 5.41) is 6.39. The van der Waals surface area contributed by atoms with Crippen molar-refractivity contribution in [1.82, 2.24) is 10.6 Å². The number of carbonyl (C=O) groups is 1. The molecule has 0 aromatic heterocycles. The summed E-state index contributed by atoms with van der Waals surface area (Å²) in [5.41, 5.74) is 0.706. The second-order valence-electron chi connectivity index (χ2n) is 6.20. The quantitative estimate of drug-likeness (QED) is 0.845. The SMILES string of the molecule is Cl.O=C(NCC1CCCNC1)c1ccc(OCC2CC2)cc1. The summed E-state index contributed by atoms with van der Waals surface area (Å²) in [6, 6.07) is 7.46. The van der Waals surface area contributed by atoms with Crippen LogP contribution in [0, 0.1) is 11.8 Å². The molecular formula is C17H25ClN2O2. The number of halogens is 1. The highest BCUT2D eigenvalue weighted by Crippen LogP contribution is 2.29. The van der Waals surface area contributed by atoms with E-state index in [9.17, 15) is 4.79 Å². The van der Waals surface area contributed by atoms with Crippen LogP contribution in [0.25, 0.3) is 0 Å². The van der Waals surface area contributed by atoms with Crippen molar-refractivity contribution in [3.05, 3.63) is 29.8 Å². The molecule has 1 unspecified atom stereocenters. The number of hydrogen-bond acceptors (Lipinski definition) is 3. The highest BCUT2D eigenvalue weighted by molar-refractivity contribution is 5.94. The van der Waals surface area contributed by atoms with E-state index in [0.29, 0.717) is 11.5 Å². The fraction of sp³-hybridized carbons (Fsp3) is 0.588. The smallest absolute Gasteiger partial charge is 0.251 e. The summed E-state index contributed by atoms with van der Waals surface area (Å²) in [6.45, 7) is 3.67. The Bertz CT molecular complexity index is 468. The molecule has 1 aromatic carbocycles. The normalized spacial score (nSPS) is 20.8. The van der Waals surface area contributed by atoms with E-state index in [1.54, 1.807) is 0 Å². The van der Waals surface area contributed by atoms with Gasteiger partial charge in [-0.05, 0) is 74.9 Å². The van der Waals surface area contributed by atoms with Crippen LogP contribution in [0.1, 0.15) is 36.0 Å². The number of ether oxygens (including phenoxy) is 1. The van der Waals surface area contributed by atoms with Crippen LogP contribution in [0.15, 0.2) is 24.3 Å². The lowest BCUT2D eigenvalue weighted by Gasteiger charge is -2.22. The second-order valence-corrected chi connectivity index (χ2v) is 6.20. The lowest BCUT2D eigenvalue weighted by atomic mass is 10.00. The first kappa shape index (κ1) is 17.1. The van der Waals surface area contributed by atoms with Crippen molar-refractivity contribution in [3.63, 3.8) is 0 Å². The fourth-order valence-electron chi connectivity index (χ4n) is 2.64. The third-order valence-corrected chi connectivity index (χ3v) is 4.25. The molecule has 2 aliphatic rings. The molecule has 1 aromatic rings. The Balaban J connectivity index is 0.00000176. The fourth-order valence-corrected chi connectivity index (χ4v) is 2.64. The van der Waals surface area contributed by atoms with Gasteiger partial charge < -0.3 is 15.4 Å². The van der Waals surface area contributed by atoms with E-state index in [1.807, 2.05) is 24.3 Å². The minimum atomic E-state index is 0. The topological polar surface area (TPSA) is 50.4 Å². The van der Waals surface area contributed by atoms with Crippen LogP contribution in [0.3, 0.4) is 0 Å². The Hall–Kier alpha value is -1.26. The molecule has 2 fully saturated rings. The molecule has 0 bridgehead atoms. The van der Waals surface area contributed by atoms with Crippen molar-refractivity contribution in [3.8, 4) is 5.75 Å². The van der Waals surface area contributed by atoms with Gasteiger partial charge in [-0.15, -0.1) is 12.4 Å². The lowest BCUT2D eigenvalue weighted by Crippen LogP contribution is -2.38. The van der Waals surface area contributed by atoms with Crippen LogP contribution in [-0.2, 0) is 0 Å². The van der Waals surface area contributed by atoms with E-state index < -0.39 is 0 Å². The molecular weight excluding hydrogens is 300 g/mol. The molecule has 1 aliphatic heterocycles. The van der Waals surface area contributed by atoms with Gasteiger partial charge >= 0.3 is 0 Å². The summed E-state index contributed by atoms with van der Waals surface area (Å²) >= 11 is 0. The van der Waals surface area contributed by atoms with E-state index >= 15 is 0 Å². The zero-order chi connectivity index (χ0) is 14.5. The van der Waals surface area contributed by atoms with Crippen LogP contribution in [0.2, 0.25) is 0 Å². The predicted molar refractivity (Wildman–Crippen MR) is 89.8 cm³/mol. The maximum atomic E-state index is 12.1. The highest BCUT2D eigenvalue weighted by Gasteiger charge is 2.21. The zero-order valence-corrected chi connectivity index (χ0v) is 13.7. The van der Waals surface area contributed by atoms with Gasteiger partial charge in [-0.1, -0.05) is 0 Å². The van der Waals surface area contributed by atoms with Crippen LogP contribution in [0.5, 0.6) is 5.75 Å². The molecule has 5 heteroatoms. The Kier molecular flexibility index (Phi) is 6.52. The van der Waals surface area contributed by atoms with Gasteiger partial charge in [-0.25, -0.2) is 0 Å². The highest BCUT2D eigenvalue weighted by atomic mass is 35.5. The molecule has 1 aliphatic carbocycles. The minimum Gasteiger partial charge on any atom is -0.493 e. The molecule has 3 rings (SSSR count). The molecule has 1 atom stereocenters. The molecule has 122 valence electrons. The van der Waals surface area contributed by atoms with Crippen molar-refractivity contribution >= 4 is 18.3 Å². The van der Waals surface area contributed by atoms with E-state index in [1.165, 1.54) is 25.7 Å². The summed E-state index contributed by atoms with van der Waals surface area (Å²) in [5.74, 6) is 2.17. The van der Waals surface area contributed by atoms with Crippen LogP contribution in [-0.4, -0.2) is 32.1 Å². The molecule has 1 amide bonds. The summed E-state index contributed by atoms with van der Waals surface area (Å²) in [6.07, 6.45) is 4.97.